The average Bonchev–Trinajstić information content (AvgIpc) is 2.84. The van der Waals surface area contributed by atoms with Gasteiger partial charge in [-0.05, 0) is 29.0 Å². The van der Waals surface area contributed by atoms with Crippen LogP contribution in [0.15, 0.2) is 84.9 Å². The number of anilines is 2. The van der Waals surface area contributed by atoms with Crippen LogP contribution in [0.3, 0.4) is 0 Å². The van der Waals surface area contributed by atoms with E-state index < -0.39 is 0 Å². The van der Waals surface area contributed by atoms with E-state index >= 15 is 0 Å². The summed E-state index contributed by atoms with van der Waals surface area (Å²) in [4.78, 5) is 25.6. The summed E-state index contributed by atoms with van der Waals surface area (Å²) >= 11 is 0. The maximum atomic E-state index is 13.1. The first-order valence-electron chi connectivity index (χ1n) is 10.0. The minimum Gasteiger partial charge on any atom is -0.494 e. The van der Waals surface area contributed by atoms with E-state index in [1.165, 1.54) is 14.2 Å². The summed E-state index contributed by atoms with van der Waals surface area (Å²) in [5, 5.41) is 7.56. The third kappa shape index (κ3) is 4.25. The Balaban J connectivity index is 1.64. The number of fused-ring (bicyclic) bond motifs is 1. The molecule has 0 spiro atoms. The number of nitrogens with one attached hydrogen (secondary N) is 2. The van der Waals surface area contributed by atoms with Crippen molar-refractivity contribution in [3.63, 3.8) is 0 Å². The Morgan fingerprint density at radius 1 is 0.656 bits per heavy atom. The average molecular weight is 426 g/mol. The molecular formula is C26H22N2O4. The van der Waals surface area contributed by atoms with Crippen molar-refractivity contribution in [1.82, 2.24) is 0 Å². The first-order valence-corrected chi connectivity index (χ1v) is 10.0. The van der Waals surface area contributed by atoms with Gasteiger partial charge >= 0.3 is 0 Å². The van der Waals surface area contributed by atoms with E-state index in [0.29, 0.717) is 34.0 Å². The van der Waals surface area contributed by atoms with E-state index in [-0.39, 0.29) is 11.8 Å². The molecule has 0 aliphatic carbocycles. The molecule has 0 radical (unpaired) electrons. The predicted octanol–water partition coefficient (Wildman–Crippen LogP) is 5.36. The number of benzene rings is 4. The van der Waals surface area contributed by atoms with Gasteiger partial charge in [0.05, 0.1) is 25.6 Å². The highest BCUT2D eigenvalue weighted by Gasteiger charge is 2.17. The molecule has 4 rings (SSSR count). The molecule has 4 aromatic rings. The van der Waals surface area contributed by atoms with Gasteiger partial charge in [0.25, 0.3) is 11.8 Å². The zero-order valence-electron chi connectivity index (χ0n) is 17.7. The molecule has 0 aromatic heterocycles. The van der Waals surface area contributed by atoms with E-state index in [4.69, 9.17) is 9.47 Å². The van der Waals surface area contributed by atoms with Crippen LogP contribution in [0.1, 0.15) is 20.7 Å². The van der Waals surface area contributed by atoms with Gasteiger partial charge in [-0.3, -0.25) is 9.59 Å². The summed E-state index contributed by atoms with van der Waals surface area (Å²) in [6.45, 7) is 0. The molecule has 0 heterocycles. The summed E-state index contributed by atoms with van der Waals surface area (Å²) in [7, 11) is 2.99. The van der Waals surface area contributed by atoms with Gasteiger partial charge in [-0.2, -0.15) is 0 Å². The van der Waals surface area contributed by atoms with Crippen molar-refractivity contribution in [1.29, 1.82) is 0 Å². The van der Waals surface area contributed by atoms with Crippen molar-refractivity contribution < 1.29 is 19.1 Å². The van der Waals surface area contributed by atoms with Crippen molar-refractivity contribution in [2.75, 3.05) is 24.9 Å². The van der Waals surface area contributed by atoms with E-state index in [2.05, 4.69) is 10.6 Å². The normalized spacial score (nSPS) is 10.4. The molecule has 2 N–H and O–H groups in total. The Bertz CT molecular complexity index is 1280. The Morgan fingerprint density at radius 2 is 1.22 bits per heavy atom. The summed E-state index contributed by atoms with van der Waals surface area (Å²) < 4.78 is 10.9. The number of rotatable bonds is 6. The van der Waals surface area contributed by atoms with Crippen molar-refractivity contribution in [2.45, 2.75) is 0 Å². The fourth-order valence-corrected chi connectivity index (χ4v) is 3.49. The van der Waals surface area contributed by atoms with Crippen LogP contribution in [0.5, 0.6) is 11.5 Å². The minimum absolute atomic E-state index is 0.275. The van der Waals surface area contributed by atoms with Gasteiger partial charge < -0.3 is 20.1 Å². The molecule has 0 saturated carbocycles. The molecule has 6 nitrogen and oxygen atoms in total. The van der Waals surface area contributed by atoms with Crippen molar-refractivity contribution in [3.05, 3.63) is 96.1 Å². The molecule has 4 aromatic carbocycles. The van der Waals surface area contributed by atoms with E-state index in [1.807, 2.05) is 42.5 Å². The molecule has 0 unspecified atom stereocenters. The topological polar surface area (TPSA) is 76.7 Å². The van der Waals surface area contributed by atoms with Gasteiger partial charge in [-0.1, -0.05) is 54.6 Å². The fraction of sp³-hybridized carbons (Fsp3) is 0.0769. The molecule has 0 aliphatic rings. The smallest absolute Gasteiger partial charge is 0.256 e. The monoisotopic (exact) mass is 426 g/mol. The second-order valence-corrected chi connectivity index (χ2v) is 7.05. The Hall–Kier alpha value is -4.32. The van der Waals surface area contributed by atoms with Gasteiger partial charge in [0, 0.05) is 23.3 Å². The van der Waals surface area contributed by atoms with Crippen LogP contribution in [0.25, 0.3) is 10.8 Å². The summed E-state index contributed by atoms with van der Waals surface area (Å²) in [6, 6.07) is 25.4. The van der Waals surface area contributed by atoms with Crippen LogP contribution >= 0.6 is 0 Å². The number of methoxy groups -OCH3 is 2. The Kier molecular flexibility index (Phi) is 6.03. The SMILES string of the molecule is COc1cc(NC(=O)c2cccc3ccccc23)c(OC)cc1NC(=O)c1ccccc1. The first-order chi connectivity index (χ1) is 15.6. The highest BCUT2D eigenvalue weighted by molar-refractivity contribution is 6.13. The van der Waals surface area contributed by atoms with Crippen molar-refractivity contribution in [3.8, 4) is 11.5 Å². The van der Waals surface area contributed by atoms with Gasteiger partial charge in [0.1, 0.15) is 11.5 Å². The highest BCUT2D eigenvalue weighted by Crippen LogP contribution is 2.37. The van der Waals surface area contributed by atoms with Crippen LogP contribution < -0.4 is 20.1 Å². The summed E-state index contributed by atoms with van der Waals surface area (Å²) in [6.07, 6.45) is 0. The molecular weight excluding hydrogens is 404 g/mol. The van der Waals surface area contributed by atoms with Gasteiger partial charge in [0.2, 0.25) is 0 Å². The number of amides is 2. The molecule has 6 heteroatoms. The second kappa shape index (κ2) is 9.22. The molecule has 0 fully saturated rings. The largest absolute Gasteiger partial charge is 0.494 e. The lowest BCUT2D eigenvalue weighted by Crippen LogP contribution is -2.15. The standard InChI is InChI=1S/C26H22N2O4/c1-31-23-16-22(28-26(30)20-14-8-12-17-9-6-7-13-19(17)20)24(32-2)15-21(23)27-25(29)18-10-4-3-5-11-18/h3-16H,1-2H3,(H,27,29)(H,28,30). The molecule has 32 heavy (non-hydrogen) atoms. The van der Waals surface area contributed by atoms with Crippen LogP contribution in [0.4, 0.5) is 11.4 Å². The quantitative estimate of drug-likeness (QED) is 0.435. The molecule has 0 aliphatic heterocycles. The molecule has 160 valence electrons. The number of ether oxygens (including phenoxy) is 2. The van der Waals surface area contributed by atoms with Gasteiger partial charge in [-0.25, -0.2) is 0 Å². The van der Waals surface area contributed by atoms with E-state index in [0.717, 1.165) is 10.8 Å². The van der Waals surface area contributed by atoms with Crippen molar-refractivity contribution >= 4 is 34.0 Å². The third-order valence-electron chi connectivity index (χ3n) is 5.09. The predicted molar refractivity (Wildman–Crippen MR) is 126 cm³/mol. The van der Waals surface area contributed by atoms with Gasteiger partial charge in [0.15, 0.2) is 0 Å². The lowest BCUT2D eigenvalue weighted by molar-refractivity contribution is 0.101. The Labute approximate surface area is 185 Å². The zero-order chi connectivity index (χ0) is 22.5. The number of carbonyl (C=O) groups excluding carboxylic acids is 2. The van der Waals surface area contributed by atoms with Crippen LogP contribution in [-0.2, 0) is 0 Å². The minimum atomic E-state index is -0.279. The maximum Gasteiger partial charge on any atom is 0.256 e. The van der Waals surface area contributed by atoms with E-state index in [9.17, 15) is 9.59 Å². The zero-order valence-corrected chi connectivity index (χ0v) is 17.7. The van der Waals surface area contributed by atoms with E-state index in [1.54, 1.807) is 42.5 Å². The maximum absolute atomic E-state index is 13.1. The molecule has 2 amide bonds. The Morgan fingerprint density at radius 3 is 1.88 bits per heavy atom. The lowest BCUT2D eigenvalue weighted by atomic mass is 10.0. The van der Waals surface area contributed by atoms with Crippen LogP contribution in [0, 0.1) is 0 Å². The van der Waals surface area contributed by atoms with Crippen LogP contribution in [0.2, 0.25) is 0 Å². The molecule has 0 saturated heterocycles. The van der Waals surface area contributed by atoms with Crippen molar-refractivity contribution in [2.24, 2.45) is 0 Å². The van der Waals surface area contributed by atoms with Crippen LogP contribution in [-0.4, -0.2) is 26.0 Å². The molecule has 0 bridgehead atoms. The number of hydrogen-bond donors (Lipinski definition) is 2. The second-order valence-electron chi connectivity index (χ2n) is 7.05. The van der Waals surface area contributed by atoms with Gasteiger partial charge in [-0.15, -0.1) is 0 Å². The number of carbonyl (C=O) groups is 2. The highest BCUT2D eigenvalue weighted by atomic mass is 16.5. The lowest BCUT2D eigenvalue weighted by Gasteiger charge is -2.16. The molecule has 0 atom stereocenters. The third-order valence-corrected chi connectivity index (χ3v) is 5.09. The summed E-state index contributed by atoms with van der Waals surface area (Å²) in [5.74, 6) is 0.229. The number of hydrogen-bond acceptors (Lipinski definition) is 4. The summed E-state index contributed by atoms with van der Waals surface area (Å²) in [5.41, 5.74) is 1.92. The first kappa shape index (κ1) is 20.9. The fourth-order valence-electron chi connectivity index (χ4n) is 3.49.